The number of rotatable bonds is 5. The predicted molar refractivity (Wildman–Crippen MR) is 115 cm³/mol. The van der Waals surface area contributed by atoms with Crippen LogP contribution in [0.3, 0.4) is 0 Å². The highest BCUT2D eigenvalue weighted by Gasteiger charge is 2.25. The van der Waals surface area contributed by atoms with Gasteiger partial charge in [-0.2, -0.15) is 0 Å². The summed E-state index contributed by atoms with van der Waals surface area (Å²) in [6, 6.07) is 18.2. The summed E-state index contributed by atoms with van der Waals surface area (Å²) in [6.07, 6.45) is 1.57. The molecule has 4 rings (SSSR count). The molecule has 1 aliphatic rings. The second-order valence-electron chi connectivity index (χ2n) is 7.69. The Hall–Kier alpha value is -3.28. The molecule has 6 heteroatoms. The lowest BCUT2D eigenvalue weighted by Crippen LogP contribution is -2.40. The highest BCUT2D eigenvalue weighted by Crippen LogP contribution is 2.24. The van der Waals surface area contributed by atoms with E-state index in [1.54, 1.807) is 6.07 Å². The number of amides is 1. The molecule has 1 fully saturated rings. The Morgan fingerprint density at radius 2 is 1.87 bits per heavy atom. The Balaban J connectivity index is 1.31. The van der Waals surface area contributed by atoms with E-state index in [0.717, 1.165) is 37.3 Å². The number of halogens is 1. The van der Waals surface area contributed by atoms with Crippen molar-refractivity contribution in [2.75, 3.05) is 18.0 Å². The van der Waals surface area contributed by atoms with Gasteiger partial charge in [0.05, 0.1) is 5.69 Å². The van der Waals surface area contributed by atoms with Gasteiger partial charge < -0.3 is 10.2 Å². The van der Waals surface area contributed by atoms with Crippen LogP contribution in [-0.4, -0.2) is 29.2 Å². The average molecular weight is 404 g/mol. The van der Waals surface area contributed by atoms with Gasteiger partial charge in [0, 0.05) is 31.1 Å². The van der Waals surface area contributed by atoms with Crippen molar-refractivity contribution in [3.8, 4) is 11.3 Å². The van der Waals surface area contributed by atoms with Crippen molar-refractivity contribution in [3.63, 3.8) is 0 Å². The summed E-state index contributed by atoms with van der Waals surface area (Å²) in [5.74, 6) is 0.630. The molecule has 0 bridgehead atoms. The molecular formula is C24H25FN4O. The molecular weight excluding hydrogens is 379 g/mol. The van der Waals surface area contributed by atoms with Crippen LogP contribution in [-0.2, 0) is 11.3 Å². The minimum atomic E-state index is -0.291. The van der Waals surface area contributed by atoms with Crippen molar-refractivity contribution in [3.05, 3.63) is 77.6 Å². The summed E-state index contributed by atoms with van der Waals surface area (Å²) in [4.78, 5) is 14.7. The largest absolute Gasteiger partial charge is 0.355 e. The fraction of sp³-hybridized carbons (Fsp3) is 0.292. The fourth-order valence-electron chi connectivity index (χ4n) is 3.80. The van der Waals surface area contributed by atoms with E-state index in [0.29, 0.717) is 17.8 Å². The van der Waals surface area contributed by atoms with Crippen molar-refractivity contribution in [2.24, 2.45) is 5.92 Å². The Morgan fingerprint density at radius 1 is 1.07 bits per heavy atom. The second kappa shape index (κ2) is 9.03. The van der Waals surface area contributed by atoms with E-state index in [-0.39, 0.29) is 17.6 Å². The Morgan fingerprint density at radius 3 is 2.57 bits per heavy atom. The summed E-state index contributed by atoms with van der Waals surface area (Å²) in [7, 11) is 0. The van der Waals surface area contributed by atoms with Crippen molar-refractivity contribution in [2.45, 2.75) is 26.3 Å². The Kier molecular flexibility index (Phi) is 6.02. The van der Waals surface area contributed by atoms with E-state index in [2.05, 4.69) is 33.4 Å². The number of benzene rings is 2. The summed E-state index contributed by atoms with van der Waals surface area (Å²) in [5.41, 5.74) is 3.69. The zero-order chi connectivity index (χ0) is 20.9. The molecule has 1 aromatic heterocycles. The number of carbonyl (C=O) groups excluding carboxylic acids is 1. The maximum Gasteiger partial charge on any atom is 0.223 e. The van der Waals surface area contributed by atoms with Crippen LogP contribution in [0.1, 0.15) is 24.0 Å². The van der Waals surface area contributed by atoms with E-state index >= 15 is 0 Å². The number of piperidine rings is 1. The first kappa shape index (κ1) is 20.0. The normalized spacial score (nSPS) is 14.5. The molecule has 154 valence electrons. The third kappa shape index (κ3) is 4.64. The zero-order valence-electron chi connectivity index (χ0n) is 17.0. The minimum absolute atomic E-state index is 0.0183. The predicted octanol–water partition coefficient (Wildman–Crippen LogP) is 4.12. The maximum absolute atomic E-state index is 13.4. The quantitative estimate of drug-likeness (QED) is 0.695. The number of anilines is 1. The molecule has 0 spiro atoms. The lowest BCUT2D eigenvalue weighted by Gasteiger charge is -2.31. The van der Waals surface area contributed by atoms with Gasteiger partial charge >= 0.3 is 0 Å². The molecule has 2 heterocycles. The second-order valence-corrected chi connectivity index (χ2v) is 7.69. The van der Waals surface area contributed by atoms with Crippen molar-refractivity contribution in [1.29, 1.82) is 0 Å². The standard InChI is InChI=1S/C24H25FN4O/c1-17-5-2-3-6-20(17)16-26-24(30)18-11-13-29(14-12-18)23-10-9-22(27-28-23)19-7-4-8-21(25)15-19/h2-10,15,18H,11-14,16H2,1H3,(H,26,30). The lowest BCUT2D eigenvalue weighted by atomic mass is 9.95. The molecule has 0 unspecified atom stereocenters. The van der Waals surface area contributed by atoms with Gasteiger partial charge in [-0.1, -0.05) is 36.4 Å². The first-order valence-corrected chi connectivity index (χ1v) is 10.3. The van der Waals surface area contributed by atoms with Crippen molar-refractivity contribution in [1.82, 2.24) is 15.5 Å². The molecule has 1 saturated heterocycles. The summed E-state index contributed by atoms with van der Waals surface area (Å²) in [6.45, 7) is 4.15. The number of carbonyl (C=O) groups is 1. The third-order valence-electron chi connectivity index (χ3n) is 5.67. The number of hydrogen-bond donors (Lipinski definition) is 1. The molecule has 0 radical (unpaired) electrons. The summed E-state index contributed by atoms with van der Waals surface area (Å²) in [5, 5.41) is 11.6. The van der Waals surface area contributed by atoms with Gasteiger partial charge in [-0.15, -0.1) is 10.2 Å². The molecule has 1 amide bonds. The van der Waals surface area contributed by atoms with Crippen LogP contribution in [0.4, 0.5) is 10.2 Å². The van der Waals surface area contributed by atoms with E-state index in [1.807, 2.05) is 36.4 Å². The number of nitrogens with one attached hydrogen (secondary N) is 1. The van der Waals surface area contributed by atoms with Crippen LogP contribution < -0.4 is 10.2 Å². The first-order chi connectivity index (χ1) is 14.6. The third-order valence-corrected chi connectivity index (χ3v) is 5.67. The molecule has 1 aliphatic heterocycles. The molecule has 30 heavy (non-hydrogen) atoms. The average Bonchev–Trinajstić information content (AvgIpc) is 2.78. The van der Waals surface area contributed by atoms with Crippen molar-refractivity contribution >= 4 is 11.7 Å². The van der Waals surface area contributed by atoms with Crippen LogP contribution in [0.15, 0.2) is 60.7 Å². The van der Waals surface area contributed by atoms with Gasteiger partial charge in [-0.3, -0.25) is 4.79 Å². The van der Waals surface area contributed by atoms with Gasteiger partial charge in [0.2, 0.25) is 5.91 Å². The first-order valence-electron chi connectivity index (χ1n) is 10.3. The van der Waals surface area contributed by atoms with Gasteiger partial charge in [0.1, 0.15) is 5.82 Å². The maximum atomic E-state index is 13.4. The highest BCUT2D eigenvalue weighted by atomic mass is 19.1. The zero-order valence-corrected chi connectivity index (χ0v) is 17.0. The number of aromatic nitrogens is 2. The Bertz CT molecular complexity index is 1010. The summed E-state index contributed by atoms with van der Waals surface area (Å²) >= 11 is 0. The van der Waals surface area contributed by atoms with E-state index < -0.39 is 0 Å². The fourth-order valence-corrected chi connectivity index (χ4v) is 3.80. The van der Waals surface area contributed by atoms with Crippen LogP contribution >= 0.6 is 0 Å². The van der Waals surface area contributed by atoms with Gasteiger partial charge in [-0.25, -0.2) is 4.39 Å². The lowest BCUT2D eigenvalue weighted by molar-refractivity contribution is -0.125. The molecule has 5 nitrogen and oxygen atoms in total. The number of nitrogens with zero attached hydrogens (tertiary/aromatic N) is 3. The van der Waals surface area contributed by atoms with E-state index in [4.69, 9.17) is 0 Å². The van der Waals surface area contributed by atoms with Crippen molar-refractivity contribution < 1.29 is 9.18 Å². The van der Waals surface area contributed by atoms with E-state index in [1.165, 1.54) is 17.7 Å². The molecule has 0 atom stereocenters. The monoisotopic (exact) mass is 404 g/mol. The van der Waals surface area contributed by atoms with Gasteiger partial charge in [0.15, 0.2) is 5.82 Å². The highest BCUT2D eigenvalue weighted by molar-refractivity contribution is 5.79. The van der Waals surface area contributed by atoms with Gasteiger partial charge in [0.25, 0.3) is 0 Å². The molecule has 3 aromatic rings. The SMILES string of the molecule is Cc1ccccc1CNC(=O)C1CCN(c2ccc(-c3cccc(F)c3)nn2)CC1. The topological polar surface area (TPSA) is 58.1 Å². The number of aryl methyl sites for hydroxylation is 1. The Labute approximate surface area is 176 Å². The van der Waals surface area contributed by atoms with E-state index in [9.17, 15) is 9.18 Å². The molecule has 0 aliphatic carbocycles. The smallest absolute Gasteiger partial charge is 0.223 e. The van der Waals surface area contributed by atoms with Crippen LogP contribution in [0.25, 0.3) is 11.3 Å². The van der Waals surface area contributed by atoms with Crippen LogP contribution in [0.2, 0.25) is 0 Å². The molecule has 0 saturated carbocycles. The molecule has 1 N–H and O–H groups in total. The van der Waals surface area contributed by atoms with Crippen LogP contribution in [0, 0.1) is 18.7 Å². The number of hydrogen-bond acceptors (Lipinski definition) is 4. The van der Waals surface area contributed by atoms with Gasteiger partial charge in [-0.05, 0) is 55.2 Å². The summed E-state index contributed by atoms with van der Waals surface area (Å²) < 4.78 is 13.4. The van der Waals surface area contributed by atoms with Crippen LogP contribution in [0.5, 0.6) is 0 Å². The minimum Gasteiger partial charge on any atom is -0.355 e. The molecule has 2 aromatic carbocycles.